The fraction of sp³-hybridized carbons (Fsp3) is 0.238. The highest BCUT2D eigenvalue weighted by Gasteiger charge is 2.29. The summed E-state index contributed by atoms with van der Waals surface area (Å²) in [6.07, 6.45) is 0.537. The molecule has 3 aromatic rings. The van der Waals surface area contributed by atoms with Crippen LogP contribution in [0.3, 0.4) is 0 Å². The summed E-state index contributed by atoms with van der Waals surface area (Å²) < 4.78 is 42.5. The van der Waals surface area contributed by atoms with Crippen molar-refractivity contribution in [2.45, 2.75) is 11.3 Å². The van der Waals surface area contributed by atoms with Gasteiger partial charge in [0, 0.05) is 37.3 Å². The summed E-state index contributed by atoms with van der Waals surface area (Å²) >= 11 is 5.92. The number of benzene rings is 2. The van der Waals surface area contributed by atoms with Gasteiger partial charge in [-0.25, -0.2) is 12.8 Å². The molecule has 1 aliphatic rings. The molecule has 0 spiro atoms. The van der Waals surface area contributed by atoms with Crippen molar-refractivity contribution in [3.8, 4) is 5.69 Å². The van der Waals surface area contributed by atoms with Gasteiger partial charge in [0.1, 0.15) is 16.5 Å². The molecule has 4 rings (SSSR count). The number of aromatic nitrogens is 2. The second-order valence-corrected chi connectivity index (χ2v) is 9.44. The van der Waals surface area contributed by atoms with Crippen molar-refractivity contribution in [3.63, 3.8) is 0 Å². The first-order valence-electron chi connectivity index (χ1n) is 9.72. The van der Waals surface area contributed by atoms with Crippen molar-refractivity contribution < 1.29 is 12.8 Å². The minimum Gasteiger partial charge on any atom is -0.354 e. The van der Waals surface area contributed by atoms with E-state index in [4.69, 9.17) is 11.6 Å². The first-order valence-corrected chi connectivity index (χ1v) is 11.5. The molecule has 2 heterocycles. The molecule has 0 bridgehead atoms. The molecule has 0 unspecified atom stereocenters. The average molecular weight is 463 g/mol. The normalized spacial score (nSPS) is 15.6. The van der Waals surface area contributed by atoms with E-state index in [2.05, 4.69) is 5.10 Å². The van der Waals surface area contributed by atoms with Gasteiger partial charge in [-0.3, -0.25) is 4.79 Å². The summed E-state index contributed by atoms with van der Waals surface area (Å²) in [5.74, 6) is -0.208. The predicted molar refractivity (Wildman–Crippen MR) is 117 cm³/mol. The van der Waals surface area contributed by atoms with E-state index in [1.54, 1.807) is 30.3 Å². The summed E-state index contributed by atoms with van der Waals surface area (Å²) in [6.45, 7) is 1.36. The first-order chi connectivity index (χ1) is 14.9. The standard InChI is InChI=1S/C21H20ClFN4O3S/c22-16-6-8-17(9-7-16)27-21(28)11-10-20(24-27)25-12-3-13-26(15-14-25)31(29,30)19-5-2-1-4-18(19)23/h1-2,4-11H,3,12-15H2. The molecule has 0 N–H and O–H groups in total. The third-order valence-electron chi connectivity index (χ3n) is 5.09. The van der Waals surface area contributed by atoms with E-state index in [-0.39, 0.29) is 23.5 Å². The maximum Gasteiger partial charge on any atom is 0.271 e. The van der Waals surface area contributed by atoms with E-state index in [9.17, 15) is 17.6 Å². The van der Waals surface area contributed by atoms with Crippen molar-refractivity contribution in [3.05, 3.63) is 81.9 Å². The third-order valence-corrected chi connectivity index (χ3v) is 7.27. The van der Waals surface area contributed by atoms with Crippen molar-refractivity contribution in [1.29, 1.82) is 0 Å². The number of anilines is 1. The van der Waals surface area contributed by atoms with Crippen LogP contribution in [0.4, 0.5) is 10.2 Å². The van der Waals surface area contributed by atoms with Crippen molar-refractivity contribution in [2.24, 2.45) is 0 Å². The minimum absolute atomic E-state index is 0.179. The molecular formula is C21H20ClFN4O3S. The Morgan fingerprint density at radius 3 is 2.39 bits per heavy atom. The molecule has 31 heavy (non-hydrogen) atoms. The molecular weight excluding hydrogens is 443 g/mol. The Kier molecular flexibility index (Phi) is 6.08. The molecule has 0 aliphatic carbocycles. The van der Waals surface area contributed by atoms with Crippen LogP contribution >= 0.6 is 11.6 Å². The molecule has 10 heteroatoms. The average Bonchev–Trinajstić information content (AvgIpc) is 3.02. The number of halogens is 2. The van der Waals surface area contributed by atoms with Crippen molar-refractivity contribution in [1.82, 2.24) is 14.1 Å². The lowest BCUT2D eigenvalue weighted by molar-refractivity contribution is 0.428. The zero-order chi connectivity index (χ0) is 22.0. The van der Waals surface area contributed by atoms with Crippen LogP contribution in [0.5, 0.6) is 0 Å². The van der Waals surface area contributed by atoms with E-state index in [1.807, 2.05) is 4.90 Å². The fourth-order valence-electron chi connectivity index (χ4n) is 3.49. The van der Waals surface area contributed by atoms with Gasteiger partial charge in [0.25, 0.3) is 5.56 Å². The third kappa shape index (κ3) is 4.48. The van der Waals surface area contributed by atoms with Crippen LogP contribution in [0.2, 0.25) is 5.02 Å². The van der Waals surface area contributed by atoms with Crippen LogP contribution < -0.4 is 10.5 Å². The molecule has 0 saturated carbocycles. The Labute approximate surface area is 184 Å². The summed E-state index contributed by atoms with van der Waals surface area (Å²) in [5.41, 5.74) is 0.291. The maximum atomic E-state index is 14.1. The van der Waals surface area contributed by atoms with Gasteiger partial charge in [-0.15, -0.1) is 5.10 Å². The van der Waals surface area contributed by atoms with Gasteiger partial charge in [-0.2, -0.15) is 8.99 Å². The highest BCUT2D eigenvalue weighted by molar-refractivity contribution is 7.89. The van der Waals surface area contributed by atoms with E-state index in [1.165, 1.54) is 33.3 Å². The Bertz CT molecular complexity index is 1250. The number of hydrogen-bond donors (Lipinski definition) is 0. The number of sulfonamides is 1. The quantitative estimate of drug-likeness (QED) is 0.596. The van der Waals surface area contributed by atoms with Gasteiger partial charge < -0.3 is 4.90 Å². The Balaban J connectivity index is 1.57. The Hall–Kier alpha value is -2.75. The molecule has 7 nitrogen and oxygen atoms in total. The molecule has 1 fully saturated rings. The fourth-order valence-corrected chi connectivity index (χ4v) is 5.15. The zero-order valence-electron chi connectivity index (χ0n) is 16.5. The van der Waals surface area contributed by atoms with Gasteiger partial charge in [0.05, 0.1) is 5.69 Å². The highest BCUT2D eigenvalue weighted by Crippen LogP contribution is 2.22. The summed E-state index contributed by atoms with van der Waals surface area (Å²) in [6, 6.07) is 15.2. The largest absolute Gasteiger partial charge is 0.354 e. The molecule has 0 atom stereocenters. The van der Waals surface area contributed by atoms with Crippen LogP contribution in [0.25, 0.3) is 5.69 Å². The predicted octanol–water partition coefficient (Wildman–Crippen LogP) is 2.93. The molecule has 2 aromatic carbocycles. The van der Waals surface area contributed by atoms with Crippen LogP contribution in [0.15, 0.2) is 70.4 Å². The van der Waals surface area contributed by atoms with Gasteiger partial charge in [-0.05, 0) is 48.9 Å². The van der Waals surface area contributed by atoms with E-state index in [0.717, 1.165) is 6.07 Å². The van der Waals surface area contributed by atoms with Gasteiger partial charge in [0.2, 0.25) is 10.0 Å². The summed E-state index contributed by atoms with van der Waals surface area (Å²) in [7, 11) is -3.94. The second kappa shape index (κ2) is 8.78. The van der Waals surface area contributed by atoms with Crippen LogP contribution in [0, 0.1) is 5.82 Å². The highest BCUT2D eigenvalue weighted by atomic mass is 35.5. The molecule has 1 aliphatic heterocycles. The second-order valence-electron chi connectivity index (χ2n) is 7.09. The number of hydrogen-bond acceptors (Lipinski definition) is 5. The van der Waals surface area contributed by atoms with E-state index >= 15 is 0 Å². The Morgan fingerprint density at radius 1 is 0.903 bits per heavy atom. The van der Waals surface area contributed by atoms with Gasteiger partial charge in [-0.1, -0.05) is 23.7 Å². The van der Waals surface area contributed by atoms with E-state index in [0.29, 0.717) is 36.0 Å². The van der Waals surface area contributed by atoms with Crippen LogP contribution in [0.1, 0.15) is 6.42 Å². The summed E-state index contributed by atoms with van der Waals surface area (Å²) in [4.78, 5) is 13.9. The van der Waals surface area contributed by atoms with Gasteiger partial charge >= 0.3 is 0 Å². The SMILES string of the molecule is O=c1ccc(N2CCCN(S(=O)(=O)c3ccccc3F)CC2)nn1-c1ccc(Cl)cc1. The van der Waals surface area contributed by atoms with Gasteiger partial charge in [0.15, 0.2) is 0 Å². The minimum atomic E-state index is -3.94. The lowest BCUT2D eigenvalue weighted by Gasteiger charge is -2.23. The monoisotopic (exact) mass is 462 g/mol. The lowest BCUT2D eigenvalue weighted by atomic mass is 10.3. The first kappa shape index (κ1) is 21.5. The van der Waals surface area contributed by atoms with Crippen LogP contribution in [-0.4, -0.2) is 48.7 Å². The lowest BCUT2D eigenvalue weighted by Crippen LogP contribution is -2.36. The molecule has 0 radical (unpaired) electrons. The smallest absolute Gasteiger partial charge is 0.271 e. The topological polar surface area (TPSA) is 75.5 Å². The number of nitrogens with zero attached hydrogens (tertiary/aromatic N) is 4. The molecule has 0 amide bonds. The molecule has 162 valence electrons. The Morgan fingerprint density at radius 2 is 1.65 bits per heavy atom. The maximum absolute atomic E-state index is 14.1. The summed E-state index contributed by atoms with van der Waals surface area (Å²) in [5, 5.41) is 5.01. The van der Waals surface area contributed by atoms with Crippen molar-refractivity contribution >= 4 is 27.4 Å². The molecule has 1 saturated heterocycles. The zero-order valence-corrected chi connectivity index (χ0v) is 18.1. The van der Waals surface area contributed by atoms with E-state index < -0.39 is 15.8 Å². The van der Waals surface area contributed by atoms with Crippen LogP contribution in [-0.2, 0) is 10.0 Å². The number of rotatable bonds is 4. The van der Waals surface area contributed by atoms with Crippen molar-refractivity contribution in [2.75, 3.05) is 31.1 Å². The molecule has 1 aromatic heterocycles.